The van der Waals surface area contributed by atoms with Crippen LogP contribution in [0.2, 0.25) is 10.0 Å². The number of carbonyl (C=O) groups excluding carboxylic acids is 1. The maximum Gasteiger partial charge on any atom is 0.339 e. The van der Waals surface area contributed by atoms with Crippen LogP contribution in [-0.4, -0.2) is 23.7 Å². The molecule has 164 valence electrons. The number of fused-ring (bicyclic) bond motifs is 1. The molecule has 1 aliphatic heterocycles. The fraction of sp³-hybridized carbons (Fsp3) is 0.0952. The van der Waals surface area contributed by atoms with Gasteiger partial charge in [0.15, 0.2) is 0 Å². The number of benzene rings is 3. The summed E-state index contributed by atoms with van der Waals surface area (Å²) < 4.78 is 27.4. The number of carbonyl (C=O) groups is 1. The van der Waals surface area contributed by atoms with Crippen LogP contribution >= 0.6 is 23.2 Å². The summed E-state index contributed by atoms with van der Waals surface area (Å²) in [4.78, 5) is 24.8. The fourth-order valence-electron chi connectivity index (χ4n) is 3.41. The highest BCUT2D eigenvalue weighted by Gasteiger charge is 2.43. The predicted octanol–water partition coefficient (Wildman–Crippen LogP) is 5.23. The Bertz CT molecular complexity index is 1320. The topological polar surface area (TPSA) is 101 Å². The molecular weight excluding hydrogens is 477 g/mol. The second-order valence-electron chi connectivity index (χ2n) is 7.03. The average Bonchev–Trinajstić information content (AvgIpc) is 2.74. The van der Waals surface area contributed by atoms with Crippen molar-refractivity contribution in [3.63, 3.8) is 0 Å². The third-order valence-corrected chi connectivity index (χ3v) is 7.37. The standard InChI is InChI=1S/C21H15Cl2N3O5S/c22-16-10-18(23)20-19(11-16)24(12-14-4-2-1-3-5-14)21(27)25(32(20,30)31)13-15-6-8-17(9-7-15)26(28)29/h1-11H,12-13H2. The highest BCUT2D eigenvalue weighted by Crippen LogP contribution is 2.42. The highest BCUT2D eigenvalue weighted by molar-refractivity contribution is 7.90. The van der Waals surface area contributed by atoms with Crippen LogP contribution in [0.15, 0.2) is 71.6 Å². The number of hydrogen-bond acceptors (Lipinski definition) is 5. The lowest BCUT2D eigenvalue weighted by atomic mass is 10.2. The molecule has 1 aliphatic rings. The summed E-state index contributed by atoms with van der Waals surface area (Å²) in [6.45, 7) is -0.224. The summed E-state index contributed by atoms with van der Waals surface area (Å²) in [7, 11) is -4.31. The molecule has 0 aromatic heterocycles. The summed E-state index contributed by atoms with van der Waals surface area (Å²) in [6, 6.07) is 16.3. The molecule has 0 aliphatic carbocycles. The third kappa shape index (κ3) is 4.02. The van der Waals surface area contributed by atoms with Gasteiger partial charge in [0.2, 0.25) is 0 Å². The molecule has 0 N–H and O–H groups in total. The highest BCUT2D eigenvalue weighted by atomic mass is 35.5. The lowest BCUT2D eigenvalue weighted by Crippen LogP contribution is -2.50. The number of nitro benzene ring substituents is 1. The third-order valence-electron chi connectivity index (χ3n) is 4.93. The number of halogens is 2. The quantitative estimate of drug-likeness (QED) is 0.359. The van der Waals surface area contributed by atoms with E-state index in [0.717, 1.165) is 5.56 Å². The Morgan fingerprint density at radius 3 is 2.16 bits per heavy atom. The molecule has 1 heterocycles. The molecule has 0 saturated carbocycles. The van der Waals surface area contributed by atoms with Gasteiger partial charge in [-0.2, -0.15) is 0 Å². The first-order valence-electron chi connectivity index (χ1n) is 9.29. The van der Waals surface area contributed by atoms with Crippen molar-refractivity contribution in [2.45, 2.75) is 18.0 Å². The number of urea groups is 1. The summed E-state index contributed by atoms with van der Waals surface area (Å²) in [5, 5.41) is 11.0. The molecule has 32 heavy (non-hydrogen) atoms. The SMILES string of the molecule is O=C1N(Cc2ccccc2)c2cc(Cl)cc(Cl)c2S(=O)(=O)N1Cc1ccc([N+](=O)[O-])cc1. The predicted molar refractivity (Wildman–Crippen MR) is 120 cm³/mol. The van der Waals surface area contributed by atoms with Crippen LogP contribution in [0.3, 0.4) is 0 Å². The lowest BCUT2D eigenvalue weighted by Gasteiger charge is -2.37. The van der Waals surface area contributed by atoms with Crippen LogP contribution in [0.4, 0.5) is 16.2 Å². The second-order valence-corrected chi connectivity index (χ2v) is 9.67. The van der Waals surface area contributed by atoms with Gasteiger partial charge in [-0.05, 0) is 23.3 Å². The Morgan fingerprint density at radius 1 is 0.906 bits per heavy atom. The molecule has 0 bridgehead atoms. The number of hydrogen-bond donors (Lipinski definition) is 0. The van der Waals surface area contributed by atoms with Gasteiger partial charge in [-0.15, -0.1) is 0 Å². The Labute approximate surface area is 193 Å². The number of nitrogens with zero attached hydrogens (tertiary/aromatic N) is 3. The summed E-state index contributed by atoms with van der Waals surface area (Å²) in [5.41, 5.74) is 1.13. The normalized spacial score (nSPS) is 14.9. The molecule has 8 nitrogen and oxygen atoms in total. The van der Waals surface area contributed by atoms with Gasteiger partial charge < -0.3 is 0 Å². The average molecular weight is 492 g/mol. The Balaban J connectivity index is 1.80. The van der Waals surface area contributed by atoms with Crippen molar-refractivity contribution >= 4 is 50.6 Å². The van der Waals surface area contributed by atoms with Crippen molar-refractivity contribution in [3.8, 4) is 0 Å². The summed E-state index contributed by atoms with van der Waals surface area (Å²) in [5.74, 6) is 0. The van der Waals surface area contributed by atoms with E-state index in [-0.39, 0.29) is 39.4 Å². The maximum absolute atomic E-state index is 13.4. The monoisotopic (exact) mass is 491 g/mol. The van der Waals surface area contributed by atoms with E-state index in [0.29, 0.717) is 9.87 Å². The molecule has 0 unspecified atom stereocenters. The van der Waals surface area contributed by atoms with Crippen molar-refractivity contribution < 1.29 is 18.1 Å². The lowest BCUT2D eigenvalue weighted by molar-refractivity contribution is -0.384. The van der Waals surface area contributed by atoms with Crippen LogP contribution in [0, 0.1) is 10.1 Å². The zero-order chi connectivity index (χ0) is 23.0. The van der Waals surface area contributed by atoms with E-state index in [1.165, 1.54) is 41.3 Å². The van der Waals surface area contributed by atoms with E-state index in [9.17, 15) is 23.3 Å². The molecule has 0 saturated heterocycles. The van der Waals surface area contributed by atoms with Crippen LogP contribution in [0.25, 0.3) is 0 Å². The first kappa shape index (κ1) is 22.1. The van der Waals surface area contributed by atoms with Gasteiger partial charge in [0.1, 0.15) is 4.90 Å². The van der Waals surface area contributed by atoms with E-state index < -0.39 is 21.0 Å². The van der Waals surface area contributed by atoms with E-state index in [1.807, 2.05) is 18.2 Å². The molecule has 0 spiro atoms. The Kier molecular flexibility index (Phi) is 5.81. The van der Waals surface area contributed by atoms with E-state index >= 15 is 0 Å². The van der Waals surface area contributed by atoms with Crippen LogP contribution in [0.1, 0.15) is 11.1 Å². The van der Waals surface area contributed by atoms with E-state index in [4.69, 9.17) is 23.2 Å². The molecule has 0 fully saturated rings. The largest absolute Gasteiger partial charge is 0.339 e. The van der Waals surface area contributed by atoms with E-state index in [1.54, 1.807) is 12.1 Å². The maximum atomic E-state index is 13.4. The fourth-order valence-corrected chi connectivity index (χ4v) is 5.77. The van der Waals surface area contributed by atoms with Gasteiger partial charge in [-0.3, -0.25) is 15.0 Å². The number of sulfonamides is 1. The second kappa shape index (κ2) is 8.42. The number of rotatable bonds is 5. The van der Waals surface area contributed by atoms with Crippen molar-refractivity contribution in [1.29, 1.82) is 0 Å². The van der Waals surface area contributed by atoms with Gasteiger partial charge in [0.05, 0.1) is 28.7 Å². The minimum Gasteiger partial charge on any atom is -0.288 e. The number of nitro groups is 1. The first-order valence-corrected chi connectivity index (χ1v) is 11.5. The van der Waals surface area contributed by atoms with Crippen LogP contribution in [0.5, 0.6) is 0 Å². The molecule has 0 radical (unpaired) electrons. The van der Waals surface area contributed by atoms with Gasteiger partial charge in [0.25, 0.3) is 15.7 Å². The molecule has 3 aromatic carbocycles. The van der Waals surface area contributed by atoms with Crippen molar-refractivity contribution in [2.75, 3.05) is 4.90 Å². The van der Waals surface area contributed by atoms with Crippen molar-refractivity contribution in [3.05, 3.63) is 98.0 Å². The van der Waals surface area contributed by atoms with Gasteiger partial charge in [0, 0.05) is 17.2 Å². The minimum atomic E-state index is -4.31. The zero-order valence-corrected chi connectivity index (χ0v) is 18.6. The van der Waals surface area contributed by atoms with Gasteiger partial charge in [-0.25, -0.2) is 17.5 Å². The first-order chi connectivity index (χ1) is 15.2. The van der Waals surface area contributed by atoms with Crippen molar-refractivity contribution in [2.24, 2.45) is 0 Å². The molecule has 3 aromatic rings. The molecule has 11 heteroatoms. The van der Waals surface area contributed by atoms with Gasteiger partial charge in [-0.1, -0.05) is 65.7 Å². The molecule has 0 atom stereocenters. The summed E-state index contributed by atoms with van der Waals surface area (Å²) >= 11 is 12.4. The number of anilines is 1. The van der Waals surface area contributed by atoms with E-state index in [2.05, 4.69) is 0 Å². The van der Waals surface area contributed by atoms with Crippen molar-refractivity contribution in [1.82, 2.24) is 4.31 Å². The van der Waals surface area contributed by atoms with Gasteiger partial charge >= 0.3 is 6.03 Å². The Hall–Kier alpha value is -3.14. The smallest absolute Gasteiger partial charge is 0.288 e. The molecule has 4 rings (SSSR count). The summed E-state index contributed by atoms with van der Waals surface area (Å²) in [6.07, 6.45) is 0. The zero-order valence-electron chi connectivity index (χ0n) is 16.3. The Morgan fingerprint density at radius 2 is 1.53 bits per heavy atom. The molecule has 2 amide bonds. The minimum absolute atomic E-state index is 0.0929. The number of non-ortho nitro benzene ring substituents is 1. The van der Waals surface area contributed by atoms with Crippen LogP contribution < -0.4 is 4.90 Å². The number of amides is 2. The van der Waals surface area contributed by atoms with Crippen LogP contribution in [-0.2, 0) is 23.1 Å². The molecular formula is C21H15Cl2N3O5S.